The Balaban J connectivity index is 2.32. The molecule has 2 rings (SSSR count). The Morgan fingerprint density at radius 2 is 2.04 bits per heavy atom. The van der Waals surface area contributed by atoms with Gasteiger partial charge >= 0.3 is 5.97 Å². The van der Waals surface area contributed by atoms with Crippen molar-refractivity contribution in [3.63, 3.8) is 0 Å². The van der Waals surface area contributed by atoms with Crippen molar-refractivity contribution in [2.45, 2.75) is 26.3 Å². The molecule has 1 fully saturated rings. The maximum absolute atomic E-state index is 12.9. The van der Waals surface area contributed by atoms with Gasteiger partial charge in [-0.3, -0.25) is 9.69 Å². The van der Waals surface area contributed by atoms with E-state index in [1.807, 2.05) is 6.92 Å². The van der Waals surface area contributed by atoms with Gasteiger partial charge < -0.3 is 5.11 Å². The normalized spacial score (nSPS) is 19.3. The van der Waals surface area contributed by atoms with Crippen LogP contribution in [0.4, 0.5) is 4.39 Å². The number of aliphatic carboxylic acids is 1. The third kappa shape index (κ3) is 3.79. The molecule has 2 atom stereocenters. The zero-order valence-electron chi connectivity index (χ0n) is 12.7. The van der Waals surface area contributed by atoms with E-state index in [1.165, 1.54) is 17.0 Å². The van der Waals surface area contributed by atoms with Crippen molar-refractivity contribution in [3.8, 4) is 0 Å². The number of carbonyl (C=O) groups is 2. The summed E-state index contributed by atoms with van der Waals surface area (Å²) in [7, 11) is 0. The first-order valence-electron chi connectivity index (χ1n) is 7.10. The fourth-order valence-corrected chi connectivity index (χ4v) is 3.59. The molecule has 1 aliphatic rings. The summed E-state index contributed by atoms with van der Waals surface area (Å²) in [5.74, 6) is -2.08. The van der Waals surface area contributed by atoms with Crippen LogP contribution >= 0.6 is 24.0 Å². The molecule has 1 heterocycles. The third-order valence-electron chi connectivity index (χ3n) is 3.71. The van der Waals surface area contributed by atoms with Crippen LogP contribution in [-0.2, 0) is 9.59 Å². The second kappa shape index (κ2) is 7.23. The average Bonchev–Trinajstić information content (AvgIpc) is 2.77. The average molecular weight is 353 g/mol. The van der Waals surface area contributed by atoms with Crippen LogP contribution in [0, 0.1) is 11.7 Å². The van der Waals surface area contributed by atoms with Crippen molar-refractivity contribution in [3.05, 3.63) is 40.6 Å². The number of benzene rings is 1. The first-order chi connectivity index (χ1) is 10.8. The summed E-state index contributed by atoms with van der Waals surface area (Å²) in [5, 5.41) is 9.45. The fourth-order valence-electron chi connectivity index (χ4n) is 2.26. The SMILES string of the molecule is CCC(C)C(C(=O)O)N1C(=O)C(=Cc2ccc(F)cc2)SC1=S. The molecule has 2 unspecified atom stereocenters. The molecule has 0 radical (unpaired) electrons. The van der Waals surface area contributed by atoms with Gasteiger partial charge in [-0.05, 0) is 29.7 Å². The van der Waals surface area contributed by atoms with E-state index >= 15 is 0 Å². The molecule has 1 amide bonds. The molecule has 1 aliphatic heterocycles. The number of thioether (sulfide) groups is 1. The van der Waals surface area contributed by atoms with Gasteiger partial charge in [0.25, 0.3) is 5.91 Å². The maximum atomic E-state index is 12.9. The second-order valence-corrected chi connectivity index (χ2v) is 6.95. The van der Waals surface area contributed by atoms with Gasteiger partial charge in [0, 0.05) is 0 Å². The van der Waals surface area contributed by atoms with Crippen molar-refractivity contribution in [1.82, 2.24) is 4.90 Å². The molecule has 1 aromatic rings. The van der Waals surface area contributed by atoms with Crippen LogP contribution in [0.1, 0.15) is 25.8 Å². The van der Waals surface area contributed by atoms with E-state index in [-0.39, 0.29) is 16.1 Å². The molecule has 1 aromatic carbocycles. The highest BCUT2D eigenvalue weighted by Gasteiger charge is 2.42. The Morgan fingerprint density at radius 3 is 2.57 bits per heavy atom. The van der Waals surface area contributed by atoms with Gasteiger partial charge in [-0.25, -0.2) is 9.18 Å². The van der Waals surface area contributed by atoms with Crippen molar-refractivity contribution >= 4 is 46.3 Å². The van der Waals surface area contributed by atoms with Gasteiger partial charge in [0.05, 0.1) is 4.91 Å². The molecule has 0 aliphatic carbocycles. The van der Waals surface area contributed by atoms with Crippen molar-refractivity contribution in [2.24, 2.45) is 5.92 Å². The number of carboxylic acids is 1. The van der Waals surface area contributed by atoms with Crippen LogP contribution in [0.3, 0.4) is 0 Å². The second-order valence-electron chi connectivity index (χ2n) is 5.27. The Morgan fingerprint density at radius 1 is 1.43 bits per heavy atom. The summed E-state index contributed by atoms with van der Waals surface area (Å²) in [6, 6.07) is 4.71. The molecule has 122 valence electrons. The molecule has 1 saturated heterocycles. The Labute approximate surface area is 143 Å². The van der Waals surface area contributed by atoms with Crippen LogP contribution in [0.25, 0.3) is 6.08 Å². The molecule has 4 nitrogen and oxygen atoms in total. The van der Waals surface area contributed by atoms with Gasteiger partial charge in [0.2, 0.25) is 0 Å². The number of amides is 1. The van der Waals surface area contributed by atoms with E-state index < -0.39 is 17.9 Å². The minimum absolute atomic E-state index is 0.222. The van der Waals surface area contributed by atoms with Crippen LogP contribution in [-0.4, -0.2) is 32.2 Å². The molecule has 0 saturated carbocycles. The summed E-state index contributed by atoms with van der Waals surface area (Å²) < 4.78 is 13.2. The summed E-state index contributed by atoms with van der Waals surface area (Å²) >= 11 is 6.26. The first-order valence-corrected chi connectivity index (χ1v) is 8.33. The highest BCUT2D eigenvalue weighted by atomic mass is 32.2. The van der Waals surface area contributed by atoms with E-state index in [1.54, 1.807) is 25.1 Å². The third-order valence-corrected chi connectivity index (χ3v) is 5.04. The van der Waals surface area contributed by atoms with Crippen LogP contribution in [0.2, 0.25) is 0 Å². The fraction of sp³-hybridized carbons (Fsp3) is 0.312. The van der Waals surface area contributed by atoms with Crippen LogP contribution in [0.5, 0.6) is 0 Å². The summed E-state index contributed by atoms with van der Waals surface area (Å²) in [4.78, 5) is 25.6. The molecular formula is C16H16FNO3S2. The predicted octanol–water partition coefficient (Wildman–Crippen LogP) is 3.53. The number of carbonyl (C=O) groups excluding carboxylic acids is 1. The zero-order chi connectivity index (χ0) is 17.1. The Bertz CT molecular complexity index is 672. The smallest absolute Gasteiger partial charge is 0.327 e. The Hall–Kier alpha value is -1.73. The largest absolute Gasteiger partial charge is 0.480 e. The number of thiocarbonyl (C=S) groups is 1. The monoisotopic (exact) mass is 353 g/mol. The minimum Gasteiger partial charge on any atom is -0.480 e. The topological polar surface area (TPSA) is 57.6 Å². The summed E-state index contributed by atoms with van der Waals surface area (Å²) in [6.07, 6.45) is 2.21. The molecule has 23 heavy (non-hydrogen) atoms. The number of rotatable bonds is 5. The van der Waals surface area contributed by atoms with Gasteiger partial charge in [0.15, 0.2) is 0 Å². The molecular weight excluding hydrogens is 337 g/mol. The number of halogens is 1. The van der Waals surface area contributed by atoms with Gasteiger partial charge in [-0.2, -0.15) is 0 Å². The number of nitrogens with zero attached hydrogens (tertiary/aromatic N) is 1. The van der Waals surface area contributed by atoms with E-state index in [9.17, 15) is 19.1 Å². The number of carboxylic acid groups (broad SMARTS) is 1. The standard InChI is InChI=1S/C16H16FNO3S2/c1-3-9(2)13(15(20)21)18-14(19)12(23-16(18)22)8-10-4-6-11(17)7-5-10/h4-9,13H,3H2,1-2H3,(H,20,21). The van der Waals surface area contributed by atoms with E-state index in [0.29, 0.717) is 16.9 Å². The highest BCUT2D eigenvalue weighted by molar-refractivity contribution is 8.26. The zero-order valence-corrected chi connectivity index (χ0v) is 14.3. The first kappa shape index (κ1) is 17.6. The van der Waals surface area contributed by atoms with E-state index in [0.717, 1.165) is 11.8 Å². The Kier molecular flexibility index (Phi) is 5.54. The molecule has 0 aromatic heterocycles. The van der Waals surface area contributed by atoms with Crippen molar-refractivity contribution in [1.29, 1.82) is 0 Å². The van der Waals surface area contributed by atoms with Gasteiger partial charge in [0.1, 0.15) is 16.2 Å². The van der Waals surface area contributed by atoms with Gasteiger partial charge in [-0.15, -0.1) is 0 Å². The van der Waals surface area contributed by atoms with Gasteiger partial charge in [-0.1, -0.05) is 56.4 Å². The number of hydrogen-bond acceptors (Lipinski definition) is 4. The summed E-state index contributed by atoms with van der Waals surface area (Å²) in [6.45, 7) is 3.65. The van der Waals surface area contributed by atoms with E-state index in [4.69, 9.17) is 12.2 Å². The predicted molar refractivity (Wildman–Crippen MR) is 92.3 cm³/mol. The minimum atomic E-state index is -1.07. The summed E-state index contributed by atoms with van der Waals surface area (Å²) in [5.41, 5.74) is 0.655. The number of hydrogen-bond donors (Lipinski definition) is 1. The lowest BCUT2D eigenvalue weighted by atomic mass is 9.98. The molecule has 1 N–H and O–H groups in total. The maximum Gasteiger partial charge on any atom is 0.327 e. The molecule has 0 bridgehead atoms. The lowest BCUT2D eigenvalue weighted by molar-refractivity contribution is -0.147. The van der Waals surface area contributed by atoms with Crippen LogP contribution in [0.15, 0.2) is 29.2 Å². The lowest BCUT2D eigenvalue weighted by Crippen LogP contribution is -2.47. The van der Waals surface area contributed by atoms with Crippen LogP contribution < -0.4 is 0 Å². The lowest BCUT2D eigenvalue weighted by Gasteiger charge is -2.27. The molecule has 7 heteroatoms. The molecule has 0 spiro atoms. The van der Waals surface area contributed by atoms with E-state index in [2.05, 4.69) is 0 Å². The highest BCUT2D eigenvalue weighted by Crippen LogP contribution is 2.35. The van der Waals surface area contributed by atoms with Crippen molar-refractivity contribution < 1.29 is 19.1 Å². The quantitative estimate of drug-likeness (QED) is 0.648. The van der Waals surface area contributed by atoms with Crippen molar-refractivity contribution in [2.75, 3.05) is 0 Å².